The number of primary sulfonamides is 1. The van der Waals surface area contributed by atoms with Gasteiger partial charge in [0.1, 0.15) is 0 Å². The van der Waals surface area contributed by atoms with Crippen LogP contribution >= 0.6 is 0 Å². The van der Waals surface area contributed by atoms with Crippen molar-refractivity contribution in [2.24, 2.45) is 5.14 Å². The lowest BCUT2D eigenvalue weighted by atomic mass is 9.95. The molecule has 1 fully saturated rings. The van der Waals surface area contributed by atoms with Gasteiger partial charge in [0.2, 0.25) is 10.0 Å². The maximum Gasteiger partial charge on any atom is 0.209 e. The van der Waals surface area contributed by atoms with E-state index in [0.29, 0.717) is 25.2 Å². The van der Waals surface area contributed by atoms with Crippen LogP contribution in [0.2, 0.25) is 0 Å². The first kappa shape index (κ1) is 15.9. The molecule has 2 N–H and O–H groups in total. The first-order chi connectivity index (χ1) is 8.51. The van der Waals surface area contributed by atoms with Gasteiger partial charge in [-0.25, -0.2) is 13.6 Å². The molecule has 2 unspecified atom stereocenters. The molecule has 1 aliphatic carbocycles. The van der Waals surface area contributed by atoms with Gasteiger partial charge >= 0.3 is 0 Å². The number of rotatable bonds is 8. The normalized spacial score (nSPS) is 25.2. The molecule has 6 heteroatoms. The average molecular weight is 279 g/mol. The van der Waals surface area contributed by atoms with Crippen LogP contribution in [0.1, 0.15) is 44.9 Å². The molecule has 1 rings (SSSR count). The third-order valence-corrected chi connectivity index (χ3v) is 4.20. The minimum Gasteiger partial charge on any atom is -0.381 e. The van der Waals surface area contributed by atoms with Gasteiger partial charge in [0, 0.05) is 13.7 Å². The van der Waals surface area contributed by atoms with Gasteiger partial charge < -0.3 is 9.47 Å². The van der Waals surface area contributed by atoms with Crippen molar-refractivity contribution in [2.45, 2.75) is 57.2 Å². The quantitative estimate of drug-likeness (QED) is 0.682. The highest BCUT2D eigenvalue weighted by Gasteiger charge is 2.21. The zero-order chi connectivity index (χ0) is 13.4. The zero-order valence-corrected chi connectivity index (χ0v) is 12.0. The van der Waals surface area contributed by atoms with Gasteiger partial charge in [-0.05, 0) is 38.5 Å². The van der Waals surface area contributed by atoms with E-state index >= 15 is 0 Å². The van der Waals surface area contributed by atoms with Gasteiger partial charge in [0.15, 0.2) is 0 Å². The fraction of sp³-hybridized carbons (Fsp3) is 1.00. The summed E-state index contributed by atoms with van der Waals surface area (Å²) in [5, 5.41) is 4.92. The summed E-state index contributed by atoms with van der Waals surface area (Å²) in [6.07, 6.45) is 7.38. The predicted octanol–water partition coefficient (Wildman–Crippen LogP) is 1.42. The van der Waals surface area contributed by atoms with Crippen molar-refractivity contribution in [1.82, 2.24) is 0 Å². The molecule has 0 bridgehead atoms. The van der Waals surface area contributed by atoms with Crippen LogP contribution in [-0.4, -0.2) is 40.1 Å². The number of hydrogen-bond donors (Lipinski definition) is 1. The first-order valence-corrected chi connectivity index (χ1v) is 8.37. The second-order valence-electron chi connectivity index (χ2n) is 4.94. The summed E-state index contributed by atoms with van der Waals surface area (Å²) in [4.78, 5) is 0. The van der Waals surface area contributed by atoms with E-state index in [4.69, 9.17) is 14.6 Å². The van der Waals surface area contributed by atoms with Crippen LogP contribution in [0.25, 0.3) is 0 Å². The molecule has 0 aliphatic heterocycles. The Balaban J connectivity index is 2.00. The molecule has 1 saturated carbocycles. The summed E-state index contributed by atoms with van der Waals surface area (Å²) in [6.45, 7) is 0.700. The summed E-state index contributed by atoms with van der Waals surface area (Å²) < 4.78 is 32.6. The Hall–Kier alpha value is -0.170. The van der Waals surface area contributed by atoms with Crippen LogP contribution in [0, 0.1) is 0 Å². The van der Waals surface area contributed by atoms with Crippen LogP contribution in [0.3, 0.4) is 0 Å². The zero-order valence-electron chi connectivity index (χ0n) is 11.1. The van der Waals surface area contributed by atoms with Gasteiger partial charge in [-0.3, -0.25) is 0 Å². The predicted molar refractivity (Wildman–Crippen MR) is 70.8 cm³/mol. The molecule has 2 atom stereocenters. The van der Waals surface area contributed by atoms with E-state index in [9.17, 15) is 8.42 Å². The van der Waals surface area contributed by atoms with Crippen LogP contribution < -0.4 is 5.14 Å². The van der Waals surface area contributed by atoms with Crippen molar-refractivity contribution in [3.63, 3.8) is 0 Å². The highest BCUT2D eigenvalue weighted by Crippen LogP contribution is 2.23. The maximum atomic E-state index is 10.7. The van der Waals surface area contributed by atoms with Crippen molar-refractivity contribution in [1.29, 1.82) is 0 Å². The van der Waals surface area contributed by atoms with Crippen molar-refractivity contribution >= 4 is 10.0 Å². The van der Waals surface area contributed by atoms with Crippen LogP contribution in [0.15, 0.2) is 0 Å². The number of unbranched alkanes of at least 4 members (excludes halogenated alkanes) is 2. The number of methoxy groups -OCH3 is 1. The number of ether oxygens (including phenoxy) is 2. The lowest BCUT2D eigenvalue weighted by Gasteiger charge is -2.28. The number of hydrogen-bond acceptors (Lipinski definition) is 4. The minimum absolute atomic E-state index is 0.0716. The topological polar surface area (TPSA) is 78.6 Å². The molecule has 0 heterocycles. The standard InChI is InChI=1S/C12H25NO4S/c1-16-11-6-5-7-12(10-11)17-8-3-2-4-9-18(13,14)15/h11-12H,2-10H2,1H3,(H2,13,14,15). The Morgan fingerprint density at radius 2 is 1.89 bits per heavy atom. The molecule has 5 nitrogen and oxygen atoms in total. The van der Waals surface area contributed by atoms with E-state index in [2.05, 4.69) is 0 Å². The third-order valence-electron chi connectivity index (χ3n) is 3.34. The summed E-state index contributed by atoms with van der Waals surface area (Å²) in [5.41, 5.74) is 0. The molecule has 0 aromatic carbocycles. The average Bonchev–Trinajstić information content (AvgIpc) is 2.32. The fourth-order valence-electron chi connectivity index (χ4n) is 2.30. The van der Waals surface area contributed by atoms with Gasteiger partial charge in [-0.15, -0.1) is 0 Å². The highest BCUT2D eigenvalue weighted by atomic mass is 32.2. The molecule has 108 valence electrons. The maximum absolute atomic E-state index is 10.7. The molecule has 0 radical (unpaired) electrons. The molecule has 0 aromatic heterocycles. The van der Waals surface area contributed by atoms with Crippen LogP contribution in [-0.2, 0) is 19.5 Å². The van der Waals surface area contributed by atoms with Crippen LogP contribution in [0.4, 0.5) is 0 Å². The number of sulfonamides is 1. The summed E-state index contributed by atoms with van der Waals surface area (Å²) in [5.74, 6) is 0.0716. The van der Waals surface area contributed by atoms with E-state index in [1.807, 2.05) is 0 Å². The Kier molecular flexibility index (Phi) is 7.14. The summed E-state index contributed by atoms with van der Waals surface area (Å²) >= 11 is 0. The Bertz CT molecular complexity index is 318. The van der Waals surface area contributed by atoms with Crippen molar-refractivity contribution in [2.75, 3.05) is 19.5 Å². The second-order valence-corrected chi connectivity index (χ2v) is 6.68. The van der Waals surface area contributed by atoms with E-state index in [1.165, 1.54) is 0 Å². The fourth-order valence-corrected chi connectivity index (χ4v) is 2.91. The summed E-state index contributed by atoms with van der Waals surface area (Å²) in [6, 6.07) is 0. The van der Waals surface area contributed by atoms with Gasteiger partial charge in [-0.2, -0.15) is 0 Å². The van der Waals surface area contributed by atoms with E-state index < -0.39 is 10.0 Å². The van der Waals surface area contributed by atoms with Gasteiger partial charge in [0.25, 0.3) is 0 Å². The molecule has 1 aliphatic rings. The van der Waals surface area contributed by atoms with Crippen molar-refractivity contribution in [3.8, 4) is 0 Å². The molecule has 0 spiro atoms. The van der Waals surface area contributed by atoms with Gasteiger partial charge in [0.05, 0.1) is 18.0 Å². The first-order valence-electron chi connectivity index (χ1n) is 6.66. The Morgan fingerprint density at radius 1 is 1.17 bits per heavy atom. The molecule has 0 amide bonds. The van der Waals surface area contributed by atoms with E-state index in [1.54, 1.807) is 7.11 Å². The lowest BCUT2D eigenvalue weighted by molar-refractivity contribution is -0.0302. The third kappa shape index (κ3) is 7.31. The highest BCUT2D eigenvalue weighted by molar-refractivity contribution is 7.89. The molecular weight excluding hydrogens is 254 g/mol. The SMILES string of the molecule is COC1CCCC(OCCCCCS(N)(=O)=O)C1. The molecular formula is C12H25NO4S. The lowest BCUT2D eigenvalue weighted by Crippen LogP contribution is -2.27. The second kappa shape index (κ2) is 8.09. The van der Waals surface area contributed by atoms with Crippen molar-refractivity contribution in [3.05, 3.63) is 0 Å². The Labute approximate surface area is 110 Å². The number of nitrogens with two attached hydrogens (primary N) is 1. The van der Waals surface area contributed by atoms with Gasteiger partial charge in [-0.1, -0.05) is 6.42 Å². The molecule has 0 saturated heterocycles. The Morgan fingerprint density at radius 3 is 2.56 bits per heavy atom. The smallest absolute Gasteiger partial charge is 0.209 e. The van der Waals surface area contributed by atoms with Crippen LogP contribution in [0.5, 0.6) is 0 Å². The monoisotopic (exact) mass is 279 g/mol. The largest absolute Gasteiger partial charge is 0.381 e. The summed E-state index contributed by atoms with van der Waals surface area (Å²) in [7, 11) is -1.55. The van der Waals surface area contributed by atoms with Crippen molar-refractivity contribution < 1.29 is 17.9 Å². The minimum atomic E-state index is -3.30. The molecule has 18 heavy (non-hydrogen) atoms. The van der Waals surface area contributed by atoms with E-state index in [0.717, 1.165) is 38.5 Å². The molecule has 0 aromatic rings. The van der Waals surface area contributed by atoms with E-state index in [-0.39, 0.29) is 5.75 Å².